The second-order valence-electron chi connectivity index (χ2n) is 4.07. The molecule has 0 amide bonds. The van der Waals surface area contributed by atoms with Crippen molar-refractivity contribution in [2.24, 2.45) is 0 Å². The Bertz CT molecular complexity index is 452. The minimum Gasteiger partial charge on any atom is -0.490 e. The maximum atomic E-state index is 11.4. The Morgan fingerprint density at radius 1 is 1.10 bits per heavy atom. The molecule has 0 N–H and O–H groups in total. The third kappa shape index (κ3) is 5.34. The van der Waals surface area contributed by atoms with Gasteiger partial charge in [0.05, 0.1) is 19.8 Å². The van der Waals surface area contributed by atoms with Gasteiger partial charge in [0.15, 0.2) is 11.5 Å². The van der Waals surface area contributed by atoms with E-state index < -0.39 is 0 Å². The molecule has 4 heteroatoms. The standard InChI is InChI=1S/C16H22O4/c1-4-11-20-16(17)10-8-13-7-9-14(18-5-2)15(12-13)19-6-3/h7-10,12H,4-6,11H2,1-3H3. The summed E-state index contributed by atoms with van der Waals surface area (Å²) in [5.74, 6) is 1.05. The van der Waals surface area contributed by atoms with Crippen LogP contribution in [0.2, 0.25) is 0 Å². The Kier molecular flexibility index (Phi) is 7.25. The van der Waals surface area contributed by atoms with Crippen molar-refractivity contribution in [3.05, 3.63) is 29.8 Å². The summed E-state index contributed by atoms with van der Waals surface area (Å²) in [6.45, 7) is 7.38. The van der Waals surface area contributed by atoms with Crippen molar-refractivity contribution in [3.63, 3.8) is 0 Å². The van der Waals surface area contributed by atoms with Gasteiger partial charge in [-0.1, -0.05) is 13.0 Å². The van der Waals surface area contributed by atoms with E-state index in [1.165, 1.54) is 6.08 Å². The molecular weight excluding hydrogens is 256 g/mol. The summed E-state index contributed by atoms with van der Waals surface area (Å²) in [5, 5.41) is 0. The SMILES string of the molecule is CCCOC(=O)C=Cc1ccc(OCC)c(OCC)c1. The van der Waals surface area contributed by atoms with Crippen molar-refractivity contribution in [2.45, 2.75) is 27.2 Å². The summed E-state index contributed by atoms with van der Waals surface area (Å²) in [5.41, 5.74) is 0.866. The van der Waals surface area contributed by atoms with Gasteiger partial charge in [0.2, 0.25) is 0 Å². The van der Waals surface area contributed by atoms with Gasteiger partial charge in [-0.2, -0.15) is 0 Å². The third-order valence-electron chi connectivity index (χ3n) is 2.43. The molecule has 1 aromatic carbocycles. The molecule has 0 aliphatic heterocycles. The third-order valence-corrected chi connectivity index (χ3v) is 2.43. The lowest BCUT2D eigenvalue weighted by Gasteiger charge is -2.11. The van der Waals surface area contributed by atoms with Crippen molar-refractivity contribution in [3.8, 4) is 11.5 Å². The van der Waals surface area contributed by atoms with Gasteiger partial charge < -0.3 is 14.2 Å². The molecule has 0 heterocycles. The van der Waals surface area contributed by atoms with Gasteiger partial charge in [0.25, 0.3) is 0 Å². The molecule has 0 saturated carbocycles. The highest BCUT2D eigenvalue weighted by Gasteiger charge is 2.05. The van der Waals surface area contributed by atoms with Crippen LogP contribution < -0.4 is 9.47 Å². The van der Waals surface area contributed by atoms with Gasteiger partial charge in [-0.15, -0.1) is 0 Å². The summed E-state index contributed by atoms with van der Waals surface area (Å²) in [7, 11) is 0. The minimum absolute atomic E-state index is 0.335. The predicted molar refractivity (Wildman–Crippen MR) is 79.1 cm³/mol. The zero-order chi connectivity index (χ0) is 14.8. The maximum absolute atomic E-state index is 11.4. The van der Waals surface area contributed by atoms with Gasteiger partial charge >= 0.3 is 5.97 Å². The van der Waals surface area contributed by atoms with Gasteiger partial charge in [-0.25, -0.2) is 4.79 Å². The molecule has 0 atom stereocenters. The fourth-order valence-electron chi connectivity index (χ4n) is 1.59. The zero-order valence-corrected chi connectivity index (χ0v) is 12.3. The maximum Gasteiger partial charge on any atom is 0.330 e. The number of hydrogen-bond acceptors (Lipinski definition) is 4. The second kappa shape index (κ2) is 9.02. The van der Waals surface area contributed by atoms with Crippen LogP contribution >= 0.6 is 0 Å². The molecule has 0 aliphatic rings. The van der Waals surface area contributed by atoms with E-state index in [1.54, 1.807) is 6.08 Å². The molecule has 110 valence electrons. The summed E-state index contributed by atoms with van der Waals surface area (Å²) in [4.78, 5) is 11.4. The largest absolute Gasteiger partial charge is 0.490 e. The van der Waals surface area contributed by atoms with Crippen molar-refractivity contribution < 1.29 is 19.0 Å². The smallest absolute Gasteiger partial charge is 0.330 e. The van der Waals surface area contributed by atoms with E-state index in [9.17, 15) is 4.79 Å². The molecule has 1 rings (SSSR count). The van der Waals surface area contributed by atoms with Crippen molar-refractivity contribution in [2.75, 3.05) is 19.8 Å². The minimum atomic E-state index is -0.335. The van der Waals surface area contributed by atoms with Gasteiger partial charge in [-0.05, 0) is 44.0 Å². The highest BCUT2D eigenvalue weighted by atomic mass is 16.5. The lowest BCUT2D eigenvalue weighted by Crippen LogP contribution is -2.01. The number of esters is 1. The summed E-state index contributed by atoms with van der Waals surface area (Å²) < 4.78 is 16.0. The van der Waals surface area contributed by atoms with E-state index in [0.717, 1.165) is 12.0 Å². The predicted octanol–water partition coefficient (Wildman–Crippen LogP) is 3.45. The van der Waals surface area contributed by atoms with E-state index in [4.69, 9.17) is 14.2 Å². The fraction of sp³-hybridized carbons (Fsp3) is 0.438. The number of carbonyl (C=O) groups excluding carboxylic acids is 1. The van der Waals surface area contributed by atoms with E-state index >= 15 is 0 Å². The lowest BCUT2D eigenvalue weighted by atomic mass is 10.2. The molecule has 20 heavy (non-hydrogen) atoms. The van der Waals surface area contributed by atoms with Crippen LogP contribution in [0.25, 0.3) is 6.08 Å². The molecule has 0 aromatic heterocycles. The molecule has 0 bridgehead atoms. The zero-order valence-electron chi connectivity index (χ0n) is 12.3. The van der Waals surface area contributed by atoms with Crippen LogP contribution in [0.15, 0.2) is 24.3 Å². The van der Waals surface area contributed by atoms with Crippen LogP contribution in [-0.4, -0.2) is 25.8 Å². The average molecular weight is 278 g/mol. The first kappa shape index (κ1) is 16.1. The Morgan fingerprint density at radius 3 is 2.45 bits per heavy atom. The molecule has 0 saturated heterocycles. The highest BCUT2D eigenvalue weighted by molar-refractivity contribution is 5.87. The Labute approximate surface area is 120 Å². The monoisotopic (exact) mass is 278 g/mol. The second-order valence-corrected chi connectivity index (χ2v) is 4.07. The van der Waals surface area contributed by atoms with E-state index in [0.29, 0.717) is 31.3 Å². The first-order chi connectivity index (χ1) is 9.71. The van der Waals surface area contributed by atoms with Gasteiger partial charge in [0.1, 0.15) is 0 Å². The van der Waals surface area contributed by atoms with Gasteiger partial charge in [-0.3, -0.25) is 0 Å². The summed E-state index contributed by atoms with van der Waals surface area (Å²) in [6.07, 6.45) is 3.94. The number of benzene rings is 1. The number of carbonyl (C=O) groups is 1. The first-order valence-corrected chi connectivity index (χ1v) is 6.95. The van der Waals surface area contributed by atoms with Crippen molar-refractivity contribution in [1.82, 2.24) is 0 Å². The molecule has 1 aromatic rings. The Morgan fingerprint density at radius 2 is 1.80 bits per heavy atom. The van der Waals surface area contributed by atoms with Gasteiger partial charge in [0, 0.05) is 6.08 Å². The topological polar surface area (TPSA) is 44.8 Å². The molecule has 0 aliphatic carbocycles. The first-order valence-electron chi connectivity index (χ1n) is 6.95. The molecule has 0 fully saturated rings. The van der Waals surface area contributed by atoms with E-state index in [2.05, 4.69) is 0 Å². The molecule has 0 unspecified atom stereocenters. The van der Waals surface area contributed by atoms with Crippen LogP contribution in [0.5, 0.6) is 11.5 Å². The number of rotatable bonds is 8. The highest BCUT2D eigenvalue weighted by Crippen LogP contribution is 2.28. The Balaban J connectivity index is 2.78. The van der Waals surface area contributed by atoms with Crippen LogP contribution in [0, 0.1) is 0 Å². The van der Waals surface area contributed by atoms with Crippen LogP contribution in [0.4, 0.5) is 0 Å². The van der Waals surface area contributed by atoms with Crippen LogP contribution in [-0.2, 0) is 9.53 Å². The summed E-state index contributed by atoms with van der Waals surface area (Å²) in [6, 6.07) is 5.56. The lowest BCUT2D eigenvalue weighted by molar-refractivity contribution is -0.137. The van der Waals surface area contributed by atoms with Crippen molar-refractivity contribution >= 4 is 12.0 Å². The van der Waals surface area contributed by atoms with E-state index in [1.807, 2.05) is 39.0 Å². The Hall–Kier alpha value is -1.97. The van der Waals surface area contributed by atoms with E-state index in [-0.39, 0.29) is 5.97 Å². The quantitative estimate of drug-likeness (QED) is 0.539. The normalized spacial score (nSPS) is 10.6. The number of ether oxygens (including phenoxy) is 3. The average Bonchev–Trinajstić information content (AvgIpc) is 2.45. The fourth-order valence-corrected chi connectivity index (χ4v) is 1.59. The molecule has 0 radical (unpaired) electrons. The summed E-state index contributed by atoms with van der Waals surface area (Å²) >= 11 is 0. The van der Waals surface area contributed by atoms with Crippen molar-refractivity contribution in [1.29, 1.82) is 0 Å². The van der Waals surface area contributed by atoms with Crippen LogP contribution in [0.1, 0.15) is 32.8 Å². The van der Waals surface area contributed by atoms with Crippen LogP contribution in [0.3, 0.4) is 0 Å². The molecule has 4 nitrogen and oxygen atoms in total. The molecule has 0 spiro atoms. The molecular formula is C16H22O4. The number of hydrogen-bond donors (Lipinski definition) is 0.